The summed E-state index contributed by atoms with van der Waals surface area (Å²) in [6.45, 7) is 0. The zero-order valence-electron chi connectivity index (χ0n) is 62.8. The quantitative estimate of drug-likeness (QED) is 0.110. The van der Waals surface area contributed by atoms with Gasteiger partial charge in [0.05, 0.1) is 50.0 Å². The number of benzene rings is 12. The van der Waals surface area contributed by atoms with Crippen LogP contribution in [0.3, 0.4) is 0 Å². The number of H-pyrrole nitrogens is 1. The number of halogens is 1. The highest BCUT2D eigenvalue weighted by atomic mass is 79.9. The van der Waals surface area contributed by atoms with Gasteiger partial charge in [-0.05, 0) is 133 Å². The molecule has 12 aromatic carbocycles. The molecule has 0 aliphatic rings. The summed E-state index contributed by atoms with van der Waals surface area (Å²) in [5, 5.41) is 4.28. The molecule has 22 rings (SSSR count). The third-order valence-corrected chi connectivity index (χ3v) is 21.4. The SMILES string of the molecule is Brc1cccc(-c2ccccc2)n1.c1ccc(-c2cccc(-c3nc(-c4cccc(-c5ccccc5)c4)nc(-n4ccc5ncc6c7ccccc7[nH]c6c54)n3)c2)cc1.c1ccc(-c2cccc(-c3nc(-c4cccc(-c5ccccc5)c4)nc(-n4ccc5ncc6c7ccccc7n(-c7cccc(-c8ccccc8)n7)c6c54)n3)c2)cc1. The van der Waals surface area contributed by atoms with Crippen LogP contribution in [0.15, 0.2) is 406 Å². The average molecular weight is 1570 g/mol. The van der Waals surface area contributed by atoms with E-state index in [1.165, 1.54) is 0 Å². The Labute approximate surface area is 681 Å². The van der Waals surface area contributed by atoms with Crippen molar-refractivity contribution in [3.63, 3.8) is 0 Å². The highest BCUT2D eigenvalue weighted by Gasteiger charge is 2.24. The molecule has 0 saturated carbocycles. The number of fused-ring (bicyclic) bond motifs is 10. The first kappa shape index (κ1) is 70.5. The molecule has 0 spiro atoms. The predicted octanol–water partition coefficient (Wildman–Crippen LogP) is 25.1. The van der Waals surface area contributed by atoms with Crippen LogP contribution in [0.1, 0.15) is 0 Å². The third-order valence-electron chi connectivity index (χ3n) is 20.9. The Morgan fingerprint density at radius 2 is 0.607 bits per heavy atom. The van der Waals surface area contributed by atoms with Gasteiger partial charge in [-0.25, -0.2) is 19.9 Å². The second kappa shape index (κ2) is 31.2. The smallest absolute Gasteiger partial charge is 0.238 e. The van der Waals surface area contributed by atoms with Crippen LogP contribution in [0, 0.1) is 0 Å². The first-order valence-electron chi connectivity index (χ1n) is 38.5. The predicted molar refractivity (Wildman–Crippen MR) is 477 cm³/mol. The van der Waals surface area contributed by atoms with E-state index >= 15 is 0 Å². The molecular formula is C102H67BrN14. The van der Waals surface area contributed by atoms with Crippen LogP contribution in [-0.4, -0.2) is 68.5 Å². The van der Waals surface area contributed by atoms with Gasteiger partial charge in [-0.15, -0.1) is 0 Å². The van der Waals surface area contributed by atoms with Crippen molar-refractivity contribution in [1.29, 1.82) is 0 Å². The molecule has 10 heterocycles. The topological polar surface area (TPSA) is 159 Å². The van der Waals surface area contributed by atoms with Crippen molar-refractivity contribution in [1.82, 2.24) is 68.5 Å². The lowest BCUT2D eigenvalue weighted by molar-refractivity contribution is 0.932. The van der Waals surface area contributed by atoms with Crippen LogP contribution < -0.4 is 0 Å². The molecule has 0 radical (unpaired) electrons. The number of nitrogens with zero attached hydrogens (tertiary/aromatic N) is 13. The van der Waals surface area contributed by atoms with E-state index in [-0.39, 0.29) is 0 Å². The largest absolute Gasteiger partial charge is 0.353 e. The van der Waals surface area contributed by atoms with E-state index in [0.29, 0.717) is 35.2 Å². The van der Waals surface area contributed by atoms with Crippen LogP contribution in [0.25, 0.3) is 196 Å². The van der Waals surface area contributed by atoms with Crippen molar-refractivity contribution in [2.45, 2.75) is 0 Å². The highest BCUT2D eigenvalue weighted by molar-refractivity contribution is 9.10. The maximum atomic E-state index is 5.25. The minimum absolute atomic E-state index is 0.488. The minimum Gasteiger partial charge on any atom is -0.353 e. The molecular weight excluding hydrogens is 1500 g/mol. The maximum absolute atomic E-state index is 5.25. The van der Waals surface area contributed by atoms with Gasteiger partial charge in [0.15, 0.2) is 23.3 Å². The molecule has 14 nitrogen and oxygen atoms in total. The van der Waals surface area contributed by atoms with Gasteiger partial charge in [-0.1, -0.05) is 303 Å². The summed E-state index contributed by atoms with van der Waals surface area (Å²) in [7, 11) is 0. The molecule has 0 aliphatic carbocycles. The van der Waals surface area contributed by atoms with E-state index in [9.17, 15) is 0 Å². The van der Waals surface area contributed by atoms with Gasteiger partial charge >= 0.3 is 0 Å². The fourth-order valence-electron chi connectivity index (χ4n) is 15.3. The van der Waals surface area contributed by atoms with Crippen molar-refractivity contribution in [3.05, 3.63) is 406 Å². The average Bonchev–Trinajstić information content (AvgIpc) is 1.57. The summed E-state index contributed by atoms with van der Waals surface area (Å²) in [4.78, 5) is 54.0. The number of hydrogen-bond donors (Lipinski definition) is 1. The summed E-state index contributed by atoms with van der Waals surface area (Å²) in [5.74, 6) is 4.16. The fraction of sp³-hybridized carbons (Fsp3) is 0. The fourth-order valence-corrected chi connectivity index (χ4v) is 15.7. The molecule has 15 heteroatoms. The number of nitrogens with one attached hydrogen (secondary N) is 1. The van der Waals surface area contributed by atoms with E-state index in [1.54, 1.807) is 0 Å². The van der Waals surface area contributed by atoms with E-state index in [2.05, 4.69) is 314 Å². The lowest BCUT2D eigenvalue weighted by Gasteiger charge is -2.13. The van der Waals surface area contributed by atoms with E-state index < -0.39 is 0 Å². The Bertz CT molecular complexity index is 7190. The summed E-state index contributed by atoms with van der Waals surface area (Å²) in [5.41, 5.74) is 24.1. The molecule has 0 aliphatic heterocycles. The van der Waals surface area contributed by atoms with Gasteiger partial charge < -0.3 is 4.98 Å². The van der Waals surface area contributed by atoms with Gasteiger partial charge in [0, 0.05) is 85.2 Å². The molecule has 0 atom stereocenters. The molecule has 0 amide bonds. The lowest BCUT2D eigenvalue weighted by Crippen LogP contribution is -2.07. The summed E-state index contributed by atoms with van der Waals surface area (Å²) in [6.07, 6.45) is 7.91. The second-order valence-corrected chi connectivity index (χ2v) is 29.1. The number of hydrogen-bond acceptors (Lipinski definition) is 10. The van der Waals surface area contributed by atoms with Crippen molar-refractivity contribution < 1.29 is 0 Å². The molecule has 0 saturated heterocycles. The van der Waals surface area contributed by atoms with E-state index in [0.717, 1.165) is 165 Å². The summed E-state index contributed by atoms with van der Waals surface area (Å²) < 4.78 is 7.19. The van der Waals surface area contributed by atoms with E-state index in [4.69, 9.17) is 44.9 Å². The lowest BCUT2D eigenvalue weighted by atomic mass is 10.0. The molecule has 0 bridgehead atoms. The number of pyridine rings is 4. The number of para-hydroxylation sites is 2. The zero-order chi connectivity index (χ0) is 78.0. The van der Waals surface area contributed by atoms with Crippen LogP contribution in [0.2, 0.25) is 0 Å². The normalized spacial score (nSPS) is 11.3. The van der Waals surface area contributed by atoms with E-state index in [1.807, 2.05) is 126 Å². The molecule has 1 N–H and O–H groups in total. The second-order valence-electron chi connectivity index (χ2n) is 28.2. The molecule has 0 unspecified atom stereocenters. The standard InChI is InChI=1S/C51H33N7.C40H26N6.C11H8BrN/c1-4-15-34(16-5-1)37-21-12-23-39(31-37)49-54-50(40-24-13-22-38(32-40)35-17-6-2-7-18-35)56-51(55-49)57-30-29-44-48(57)47-42(33-52-44)41-25-10-11-27-45(41)58(47)46-28-14-26-43(53-46)36-19-8-3-9-20-36;1-3-11-26(12-4-1)28-15-9-17-30(23-28)38-43-39(31-18-10-16-29(24-31)27-13-5-2-6-14-27)45-40(44-38)46-22-21-35-37(46)36-33(25-41-35)32-19-7-8-20-34(32)42-36;12-11-8-4-7-10(13-11)9-5-2-1-3-6-9/h1-33H;1-25,42H;1-8H. The Balaban J connectivity index is 0.000000133. The van der Waals surface area contributed by atoms with Gasteiger partial charge in [0.25, 0.3) is 0 Å². The molecule has 0 fully saturated rings. The summed E-state index contributed by atoms with van der Waals surface area (Å²) in [6, 6.07) is 128. The first-order chi connectivity index (χ1) is 57.9. The minimum atomic E-state index is 0.488. The Morgan fingerprint density at radius 1 is 0.248 bits per heavy atom. The maximum Gasteiger partial charge on any atom is 0.238 e. The molecule has 117 heavy (non-hydrogen) atoms. The van der Waals surface area contributed by atoms with Gasteiger partial charge in [0.2, 0.25) is 11.9 Å². The van der Waals surface area contributed by atoms with Crippen LogP contribution in [-0.2, 0) is 0 Å². The van der Waals surface area contributed by atoms with Crippen molar-refractivity contribution >= 4 is 81.6 Å². The van der Waals surface area contributed by atoms with Crippen LogP contribution in [0.4, 0.5) is 0 Å². The van der Waals surface area contributed by atoms with Crippen molar-refractivity contribution in [3.8, 4) is 130 Å². The Hall–Kier alpha value is -15.6. The van der Waals surface area contributed by atoms with Crippen molar-refractivity contribution in [2.24, 2.45) is 0 Å². The first-order valence-corrected chi connectivity index (χ1v) is 39.3. The van der Waals surface area contributed by atoms with Gasteiger partial charge in [-0.3, -0.25) is 23.7 Å². The zero-order valence-corrected chi connectivity index (χ0v) is 64.4. The Morgan fingerprint density at radius 3 is 1.07 bits per heavy atom. The van der Waals surface area contributed by atoms with Gasteiger partial charge in [0.1, 0.15) is 10.4 Å². The monoisotopic (exact) mass is 1570 g/mol. The van der Waals surface area contributed by atoms with Gasteiger partial charge in [-0.2, -0.15) is 19.9 Å². The van der Waals surface area contributed by atoms with Crippen molar-refractivity contribution in [2.75, 3.05) is 0 Å². The highest BCUT2D eigenvalue weighted by Crippen LogP contribution is 2.40. The molecule has 552 valence electrons. The molecule has 10 aromatic heterocycles. The number of aromatic nitrogens is 14. The number of rotatable bonds is 13. The van der Waals surface area contributed by atoms with Crippen LogP contribution >= 0.6 is 15.9 Å². The third kappa shape index (κ3) is 14.1. The number of aromatic amines is 1. The molecule has 22 aromatic rings. The Kier molecular flexibility index (Phi) is 18.8. The van der Waals surface area contributed by atoms with Crippen LogP contribution in [0.5, 0.6) is 0 Å². The summed E-state index contributed by atoms with van der Waals surface area (Å²) >= 11 is 3.35.